The number of benzene rings is 3. The van der Waals surface area contributed by atoms with Crippen LogP contribution < -0.4 is 4.74 Å². The number of aryl methyl sites for hydroxylation is 2. The van der Waals surface area contributed by atoms with Crippen LogP contribution in [-0.4, -0.2) is 16.3 Å². The smallest absolute Gasteiger partial charge is 0.220 e. The summed E-state index contributed by atoms with van der Waals surface area (Å²) in [5.41, 5.74) is 3.29. The van der Waals surface area contributed by atoms with Crippen LogP contribution in [0.15, 0.2) is 89.1 Å². The lowest BCUT2D eigenvalue weighted by Gasteiger charge is -2.10. The lowest BCUT2D eigenvalue weighted by molar-refractivity contribution is 0.296. The van der Waals surface area contributed by atoms with Crippen molar-refractivity contribution < 1.29 is 9.84 Å². The van der Waals surface area contributed by atoms with Crippen molar-refractivity contribution in [3.05, 3.63) is 84.4 Å². The van der Waals surface area contributed by atoms with Gasteiger partial charge in [-0.15, -0.1) is 5.11 Å². The molecule has 3 aromatic carbocycles. The molecule has 5 heteroatoms. The third-order valence-electron chi connectivity index (χ3n) is 4.82. The zero-order chi connectivity index (χ0) is 20.1. The van der Waals surface area contributed by atoms with Gasteiger partial charge in [-0.2, -0.15) is 5.11 Å². The van der Waals surface area contributed by atoms with E-state index in [9.17, 15) is 5.11 Å². The number of hydrogen-bond donors (Lipinski definition) is 1. The van der Waals surface area contributed by atoms with Crippen LogP contribution in [0.1, 0.15) is 12.0 Å². The van der Waals surface area contributed by atoms with E-state index in [1.807, 2.05) is 90.4 Å². The van der Waals surface area contributed by atoms with Crippen molar-refractivity contribution >= 4 is 22.3 Å². The molecule has 0 saturated carbocycles. The molecule has 0 bridgehead atoms. The Morgan fingerprint density at radius 3 is 2.41 bits per heavy atom. The van der Waals surface area contributed by atoms with Gasteiger partial charge in [-0.25, -0.2) is 0 Å². The first kappa shape index (κ1) is 18.7. The Morgan fingerprint density at radius 1 is 0.862 bits per heavy atom. The number of rotatable bonds is 7. The van der Waals surface area contributed by atoms with E-state index in [1.54, 1.807) is 0 Å². The topological polar surface area (TPSA) is 59.1 Å². The van der Waals surface area contributed by atoms with Crippen molar-refractivity contribution in [3.63, 3.8) is 0 Å². The highest BCUT2D eigenvalue weighted by molar-refractivity contribution is 5.95. The van der Waals surface area contributed by atoms with Crippen LogP contribution in [0.5, 0.6) is 11.6 Å². The summed E-state index contributed by atoms with van der Waals surface area (Å²) >= 11 is 0. The zero-order valence-electron chi connectivity index (χ0n) is 16.3. The Balaban J connectivity index is 1.53. The monoisotopic (exact) mass is 385 g/mol. The summed E-state index contributed by atoms with van der Waals surface area (Å²) in [6, 6.07) is 25.3. The molecule has 0 aliphatic heterocycles. The molecule has 5 nitrogen and oxygen atoms in total. The molecule has 0 aliphatic carbocycles. The van der Waals surface area contributed by atoms with Gasteiger partial charge >= 0.3 is 0 Å². The maximum atomic E-state index is 10.8. The largest absolute Gasteiger partial charge is 0.493 e. The minimum Gasteiger partial charge on any atom is -0.493 e. The predicted molar refractivity (Wildman–Crippen MR) is 116 cm³/mol. The Bertz CT molecular complexity index is 1130. The summed E-state index contributed by atoms with van der Waals surface area (Å²) in [7, 11) is 0. The molecule has 146 valence electrons. The van der Waals surface area contributed by atoms with Gasteiger partial charge in [0.25, 0.3) is 0 Å². The maximum absolute atomic E-state index is 10.8. The van der Waals surface area contributed by atoms with Crippen molar-refractivity contribution in [1.82, 2.24) is 4.57 Å². The third kappa shape index (κ3) is 4.14. The summed E-state index contributed by atoms with van der Waals surface area (Å²) in [6.07, 6.45) is 0.760. The van der Waals surface area contributed by atoms with E-state index in [-0.39, 0.29) is 5.88 Å². The minimum atomic E-state index is 0.127. The van der Waals surface area contributed by atoms with Crippen LogP contribution in [0.3, 0.4) is 0 Å². The van der Waals surface area contributed by atoms with E-state index in [0.717, 1.165) is 34.3 Å². The molecule has 4 aromatic rings. The Kier molecular flexibility index (Phi) is 5.56. The molecule has 0 radical (unpaired) electrons. The van der Waals surface area contributed by atoms with E-state index in [1.165, 1.54) is 0 Å². The van der Waals surface area contributed by atoms with Crippen molar-refractivity contribution in [2.45, 2.75) is 19.9 Å². The highest BCUT2D eigenvalue weighted by atomic mass is 16.5. The molecule has 4 rings (SSSR count). The fourth-order valence-corrected chi connectivity index (χ4v) is 3.32. The lowest BCUT2D eigenvalue weighted by Crippen LogP contribution is -2.04. The van der Waals surface area contributed by atoms with Crippen LogP contribution in [0.25, 0.3) is 10.9 Å². The molecule has 0 amide bonds. The number of fused-ring (bicyclic) bond motifs is 1. The standard InChI is InChI=1S/C24H23N3O2/c1-18-10-5-8-15-22(18)29-17-9-16-27-21-14-7-6-13-20(21)23(24(27)28)26-25-19-11-3-2-4-12-19/h2-8,10-15,28H,9,16-17H2,1H3. The van der Waals surface area contributed by atoms with Crippen molar-refractivity contribution in [1.29, 1.82) is 0 Å². The summed E-state index contributed by atoms with van der Waals surface area (Å²) < 4.78 is 7.76. The van der Waals surface area contributed by atoms with Crippen molar-refractivity contribution in [2.24, 2.45) is 10.2 Å². The molecular formula is C24H23N3O2. The maximum Gasteiger partial charge on any atom is 0.220 e. The molecule has 0 atom stereocenters. The Labute approximate surface area is 169 Å². The summed E-state index contributed by atoms with van der Waals surface area (Å²) in [4.78, 5) is 0. The fraction of sp³-hybridized carbons (Fsp3) is 0.167. The first-order chi connectivity index (χ1) is 14.2. The van der Waals surface area contributed by atoms with Gasteiger partial charge in [-0.1, -0.05) is 54.6 Å². The number of aromatic hydroxyl groups is 1. The summed E-state index contributed by atoms with van der Waals surface area (Å²) in [6.45, 7) is 3.22. The van der Waals surface area contributed by atoms with Gasteiger partial charge in [-0.3, -0.25) is 0 Å². The van der Waals surface area contributed by atoms with Gasteiger partial charge in [0, 0.05) is 11.9 Å². The molecule has 0 aliphatic rings. The Hall–Kier alpha value is -3.60. The van der Waals surface area contributed by atoms with Crippen LogP contribution in [0, 0.1) is 6.92 Å². The van der Waals surface area contributed by atoms with Crippen LogP contribution in [0.2, 0.25) is 0 Å². The van der Waals surface area contributed by atoms with Gasteiger partial charge in [0.1, 0.15) is 5.75 Å². The fourth-order valence-electron chi connectivity index (χ4n) is 3.32. The van der Waals surface area contributed by atoms with Gasteiger partial charge < -0.3 is 14.4 Å². The third-order valence-corrected chi connectivity index (χ3v) is 4.82. The van der Waals surface area contributed by atoms with E-state index in [4.69, 9.17) is 4.74 Å². The minimum absolute atomic E-state index is 0.127. The van der Waals surface area contributed by atoms with E-state index in [0.29, 0.717) is 18.8 Å². The van der Waals surface area contributed by atoms with Crippen molar-refractivity contribution in [3.8, 4) is 11.6 Å². The SMILES string of the molecule is Cc1ccccc1OCCCn1c(O)c(N=Nc2ccccc2)c2ccccc21. The van der Waals surface area contributed by atoms with Gasteiger partial charge in [0.2, 0.25) is 5.88 Å². The number of hydrogen-bond acceptors (Lipinski definition) is 4. The second kappa shape index (κ2) is 8.61. The number of para-hydroxylation sites is 2. The number of nitrogens with zero attached hydrogens (tertiary/aromatic N) is 3. The first-order valence-corrected chi connectivity index (χ1v) is 9.69. The molecule has 0 saturated heterocycles. The number of aromatic nitrogens is 1. The van der Waals surface area contributed by atoms with E-state index in [2.05, 4.69) is 10.2 Å². The van der Waals surface area contributed by atoms with Gasteiger partial charge in [0.15, 0.2) is 5.69 Å². The highest BCUT2D eigenvalue weighted by Crippen LogP contribution is 2.39. The van der Waals surface area contributed by atoms with E-state index >= 15 is 0 Å². The van der Waals surface area contributed by atoms with Crippen LogP contribution in [0.4, 0.5) is 11.4 Å². The lowest BCUT2D eigenvalue weighted by atomic mass is 10.2. The normalized spacial score (nSPS) is 11.3. The molecule has 1 aromatic heterocycles. The highest BCUT2D eigenvalue weighted by Gasteiger charge is 2.16. The van der Waals surface area contributed by atoms with Crippen molar-refractivity contribution in [2.75, 3.05) is 6.61 Å². The summed E-state index contributed by atoms with van der Waals surface area (Å²) in [5, 5.41) is 20.3. The second-order valence-electron chi connectivity index (χ2n) is 6.84. The van der Waals surface area contributed by atoms with E-state index < -0.39 is 0 Å². The summed E-state index contributed by atoms with van der Waals surface area (Å²) in [5.74, 6) is 1.02. The van der Waals surface area contributed by atoms with Crippen LogP contribution in [-0.2, 0) is 6.54 Å². The molecule has 0 fully saturated rings. The van der Waals surface area contributed by atoms with Crippen LogP contribution >= 0.6 is 0 Å². The molecular weight excluding hydrogens is 362 g/mol. The number of azo groups is 1. The number of ether oxygens (including phenoxy) is 1. The van der Waals surface area contributed by atoms with Gasteiger partial charge in [-0.05, 0) is 43.2 Å². The predicted octanol–water partition coefficient (Wildman–Crippen LogP) is 6.54. The first-order valence-electron chi connectivity index (χ1n) is 9.69. The average molecular weight is 385 g/mol. The average Bonchev–Trinajstić information content (AvgIpc) is 3.02. The molecule has 0 spiro atoms. The Morgan fingerprint density at radius 2 is 1.59 bits per heavy atom. The zero-order valence-corrected chi connectivity index (χ0v) is 16.3. The quantitative estimate of drug-likeness (QED) is 0.290. The molecule has 1 N–H and O–H groups in total. The molecule has 1 heterocycles. The molecule has 29 heavy (non-hydrogen) atoms. The molecule has 0 unspecified atom stereocenters. The second-order valence-corrected chi connectivity index (χ2v) is 6.84. The van der Waals surface area contributed by atoms with Gasteiger partial charge in [0.05, 0.1) is 17.8 Å².